The lowest BCUT2D eigenvalue weighted by Gasteiger charge is -2.07. The Balaban J connectivity index is 3.18. The van der Waals surface area contributed by atoms with E-state index in [1.54, 1.807) is 6.92 Å². The van der Waals surface area contributed by atoms with Gasteiger partial charge in [0.25, 0.3) is 0 Å². The zero-order chi connectivity index (χ0) is 13.1. The molecular weight excluding hydrogens is 267 g/mol. The van der Waals surface area contributed by atoms with Crippen molar-refractivity contribution < 1.29 is 12.8 Å². The largest absolute Gasteiger partial charge is 0.396 e. The Morgan fingerprint density at radius 2 is 2.18 bits per heavy atom. The number of rotatable bonds is 3. The molecule has 92 valence electrons. The third kappa shape index (κ3) is 3.33. The van der Waals surface area contributed by atoms with Gasteiger partial charge in [-0.15, -0.1) is 5.92 Å². The van der Waals surface area contributed by atoms with Crippen molar-refractivity contribution in [1.29, 1.82) is 0 Å². The molecule has 1 aromatic rings. The van der Waals surface area contributed by atoms with Crippen molar-refractivity contribution >= 4 is 27.3 Å². The number of anilines is 1. The highest BCUT2D eigenvalue weighted by Crippen LogP contribution is 2.24. The van der Waals surface area contributed by atoms with E-state index in [1.807, 2.05) is 0 Å². The number of halogens is 2. The summed E-state index contributed by atoms with van der Waals surface area (Å²) in [7, 11) is -4.00. The average molecular weight is 277 g/mol. The Bertz CT molecular complexity index is 590. The van der Waals surface area contributed by atoms with Crippen molar-refractivity contribution in [3.8, 4) is 11.8 Å². The molecule has 0 heterocycles. The van der Waals surface area contributed by atoms with Gasteiger partial charge in [0.1, 0.15) is 4.90 Å². The fourth-order valence-electron chi connectivity index (χ4n) is 1.08. The summed E-state index contributed by atoms with van der Waals surface area (Å²) in [5.41, 5.74) is 4.97. The van der Waals surface area contributed by atoms with Crippen LogP contribution in [0.25, 0.3) is 0 Å². The average Bonchev–Trinajstić information content (AvgIpc) is 2.23. The molecule has 0 saturated heterocycles. The zero-order valence-electron chi connectivity index (χ0n) is 8.92. The summed E-state index contributed by atoms with van der Waals surface area (Å²) in [4.78, 5) is -0.583. The van der Waals surface area contributed by atoms with Gasteiger partial charge in [-0.25, -0.2) is 12.8 Å². The molecule has 0 aliphatic carbocycles. The van der Waals surface area contributed by atoms with Crippen LogP contribution < -0.4 is 10.5 Å². The summed E-state index contributed by atoms with van der Waals surface area (Å²) >= 11 is 5.62. The SMILES string of the molecule is CC#CCNS(=O)(=O)c1cc(Cl)cc(N)c1F. The lowest BCUT2D eigenvalue weighted by atomic mass is 10.3. The fraction of sp³-hybridized carbons (Fsp3) is 0.200. The smallest absolute Gasteiger partial charge is 0.244 e. The highest BCUT2D eigenvalue weighted by Gasteiger charge is 2.21. The number of nitrogens with two attached hydrogens (primary N) is 1. The van der Waals surface area contributed by atoms with Gasteiger partial charge >= 0.3 is 0 Å². The van der Waals surface area contributed by atoms with E-state index in [-0.39, 0.29) is 17.3 Å². The quantitative estimate of drug-likeness (QED) is 0.647. The topological polar surface area (TPSA) is 72.2 Å². The molecule has 0 atom stereocenters. The Labute approximate surface area is 104 Å². The number of hydrogen-bond acceptors (Lipinski definition) is 3. The molecule has 1 rings (SSSR count). The third-order valence-corrected chi connectivity index (χ3v) is 3.47. The summed E-state index contributed by atoms with van der Waals surface area (Å²) in [6, 6.07) is 2.14. The van der Waals surface area contributed by atoms with E-state index >= 15 is 0 Å². The second-order valence-electron chi connectivity index (χ2n) is 3.06. The van der Waals surface area contributed by atoms with Crippen LogP contribution in [0, 0.1) is 17.7 Å². The van der Waals surface area contributed by atoms with Gasteiger partial charge in [0.05, 0.1) is 12.2 Å². The molecule has 0 radical (unpaired) electrons. The van der Waals surface area contributed by atoms with Crippen molar-refractivity contribution in [3.05, 3.63) is 23.0 Å². The number of sulfonamides is 1. The van der Waals surface area contributed by atoms with E-state index in [4.69, 9.17) is 17.3 Å². The zero-order valence-corrected chi connectivity index (χ0v) is 10.5. The summed E-state index contributed by atoms with van der Waals surface area (Å²) < 4.78 is 39.1. The van der Waals surface area contributed by atoms with Crippen molar-refractivity contribution in [2.24, 2.45) is 0 Å². The van der Waals surface area contributed by atoms with Crippen LogP contribution in [0.5, 0.6) is 0 Å². The first-order valence-corrected chi connectivity index (χ1v) is 6.38. The van der Waals surface area contributed by atoms with Gasteiger partial charge in [0, 0.05) is 5.02 Å². The van der Waals surface area contributed by atoms with Crippen LogP contribution in [0.4, 0.5) is 10.1 Å². The van der Waals surface area contributed by atoms with Crippen LogP contribution in [0.2, 0.25) is 5.02 Å². The standard InChI is InChI=1S/C10H10ClFN2O2S/c1-2-3-4-14-17(15,16)9-6-7(11)5-8(13)10(9)12/h5-6,14H,4,13H2,1H3. The molecule has 4 nitrogen and oxygen atoms in total. The second kappa shape index (κ2) is 5.36. The molecule has 0 saturated carbocycles. The van der Waals surface area contributed by atoms with Crippen LogP contribution in [-0.4, -0.2) is 15.0 Å². The minimum atomic E-state index is -4.00. The van der Waals surface area contributed by atoms with Gasteiger partial charge in [-0.1, -0.05) is 17.5 Å². The molecule has 0 unspecified atom stereocenters. The van der Waals surface area contributed by atoms with Crippen LogP contribution in [-0.2, 0) is 10.0 Å². The van der Waals surface area contributed by atoms with Gasteiger partial charge in [0.15, 0.2) is 5.82 Å². The van der Waals surface area contributed by atoms with Crippen LogP contribution in [0.15, 0.2) is 17.0 Å². The van der Waals surface area contributed by atoms with Crippen molar-refractivity contribution in [3.63, 3.8) is 0 Å². The van der Waals surface area contributed by atoms with Crippen molar-refractivity contribution in [2.45, 2.75) is 11.8 Å². The van der Waals surface area contributed by atoms with Crippen LogP contribution >= 0.6 is 11.6 Å². The summed E-state index contributed by atoms with van der Waals surface area (Å²) in [5.74, 6) is 3.98. The number of nitrogens with one attached hydrogen (secondary N) is 1. The Morgan fingerprint density at radius 1 is 1.53 bits per heavy atom. The van der Waals surface area contributed by atoms with Gasteiger partial charge < -0.3 is 5.73 Å². The molecule has 1 aromatic carbocycles. The maximum Gasteiger partial charge on any atom is 0.244 e. The van der Waals surface area contributed by atoms with Crippen LogP contribution in [0.1, 0.15) is 6.92 Å². The highest BCUT2D eigenvalue weighted by atomic mass is 35.5. The lowest BCUT2D eigenvalue weighted by Crippen LogP contribution is -2.25. The monoisotopic (exact) mass is 276 g/mol. The normalized spacial score (nSPS) is 10.8. The summed E-state index contributed by atoms with van der Waals surface area (Å²) in [5, 5.41) is 0.0471. The first kappa shape index (κ1) is 13.8. The van der Waals surface area contributed by atoms with E-state index in [9.17, 15) is 12.8 Å². The lowest BCUT2D eigenvalue weighted by molar-refractivity contribution is 0.562. The number of nitrogen functional groups attached to an aromatic ring is 1. The van der Waals surface area contributed by atoms with Gasteiger partial charge in [-0.05, 0) is 19.1 Å². The molecule has 0 bridgehead atoms. The van der Waals surface area contributed by atoms with E-state index in [0.717, 1.165) is 12.1 Å². The third-order valence-electron chi connectivity index (χ3n) is 1.85. The highest BCUT2D eigenvalue weighted by molar-refractivity contribution is 7.89. The summed E-state index contributed by atoms with van der Waals surface area (Å²) in [6.45, 7) is 1.46. The molecule has 0 spiro atoms. The predicted octanol–water partition coefficient (Wildman–Crippen LogP) is 1.36. The van der Waals surface area contributed by atoms with E-state index in [1.165, 1.54) is 0 Å². The number of benzene rings is 1. The maximum atomic E-state index is 13.5. The van der Waals surface area contributed by atoms with E-state index < -0.39 is 20.7 Å². The molecule has 0 aromatic heterocycles. The number of hydrogen-bond donors (Lipinski definition) is 2. The van der Waals surface area contributed by atoms with Crippen LogP contribution in [0.3, 0.4) is 0 Å². The van der Waals surface area contributed by atoms with E-state index in [2.05, 4.69) is 16.6 Å². The molecule has 0 aliphatic rings. The minimum Gasteiger partial charge on any atom is -0.396 e. The van der Waals surface area contributed by atoms with Gasteiger partial charge in [0.2, 0.25) is 10.0 Å². The Kier molecular flexibility index (Phi) is 4.34. The Hall–Kier alpha value is -1.29. The molecule has 17 heavy (non-hydrogen) atoms. The molecule has 0 amide bonds. The van der Waals surface area contributed by atoms with Crippen molar-refractivity contribution in [2.75, 3.05) is 12.3 Å². The molecule has 7 heteroatoms. The van der Waals surface area contributed by atoms with E-state index in [0.29, 0.717) is 0 Å². The minimum absolute atomic E-state index is 0.0471. The van der Waals surface area contributed by atoms with Gasteiger partial charge in [-0.3, -0.25) is 0 Å². The molecular formula is C10H10ClFN2O2S. The second-order valence-corrected chi connectivity index (χ2v) is 5.23. The predicted molar refractivity (Wildman–Crippen MR) is 64.5 cm³/mol. The first-order chi connectivity index (χ1) is 7.88. The summed E-state index contributed by atoms with van der Waals surface area (Å²) in [6.07, 6.45) is 0. The molecule has 0 fully saturated rings. The fourth-order valence-corrected chi connectivity index (χ4v) is 2.42. The Morgan fingerprint density at radius 3 is 2.76 bits per heavy atom. The van der Waals surface area contributed by atoms with Gasteiger partial charge in [-0.2, -0.15) is 4.72 Å². The van der Waals surface area contributed by atoms with Crippen molar-refractivity contribution in [1.82, 2.24) is 4.72 Å². The maximum absolute atomic E-state index is 13.5. The first-order valence-electron chi connectivity index (χ1n) is 4.52. The molecule has 0 aliphatic heterocycles. The molecule has 3 N–H and O–H groups in total.